The Labute approximate surface area is 83.1 Å². The van der Waals surface area contributed by atoms with Crippen LogP contribution in [0.25, 0.3) is 0 Å². The van der Waals surface area contributed by atoms with Crippen molar-refractivity contribution in [1.29, 1.82) is 0 Å². The summed E-state index contributed by atoms with van der Waals surface area (Å²) in [6, 6.07) is 1.64. The van der Waals surface area contributed by atoms with Crippen LogP contribution < -0.4 is 0 Å². The van der Waals surface area contributed by atoms with Crippen LogP contribution in [0.2, 0.25) is 0 Å². The normalized spacial score (nSPS) is 16.0. The van der Waals surface area contributed by atoms with E-state index in [1.165, 1.54) is 6.26 Å². The second kappa shape index (κ2) is 4.28. The molecule has 2 N–H and O–H groups in total. The van der Waals surface area contributed by atoms with Crippen LogP contribution in [0.1, 0.15) is 11.9 Å². The van der Waals surface area contributed by atoms with Gasteiger partial charge < -0.3 is 14.6 Å². The van der Waals surface area contributed by atoms with Crippen LogP contribution in [-0.2, 0) is 0 Å². The highest BCUT2D eigenvalue weighted by Crippen LogP contribution is 2.26. The summed E-state index contributed by atoms with van der Waals surface area (Å²) in [5.74, 6) is 0.261. The van der Waals surface area contributed by atoms with Gasteiger partial charge in [0.25, 0.3) is 0 Å². The minimum Gasteiger partial charge on any atom is -0.465 e. The van der Waals surface area contributed by atoms with Crippen molar-refractivity contribution in [3.63, 3.8) is 0 Å². The first-order chi connectivity index (χ1) is 5.66. The van der Waals surface area contributed by atoms with E-state index in [4.69, 9.17) is 21.1 Å². The lowest BCUT2D eigenvalue weighted by Gasteiger charge is -2.12. The molecule has 2 unspecified atom stereocenters. The van der Waals surface area contributed by atoms with Gasteiger partial charge in [0, 0.05) is 0 Å². The summed E-state index contributed by atoms with van der Waals surface area (Å²) in [4.78, 5) is 0. The molecule has 0 saturated heterocycles. The van der Waals surface area contributed by atoms with E-state index in [2.05, 4.69) is 15.9 Å². The van der Waals surface area contributed by atoms with Crippen molar-refractivity contribution >= 4 is 27.5 Å². The van der Waals surface area contributed by atoms with Gasteiger partial charge >= 0.3 is 0 Å². The fourth-order valence-corrected chi connectivity index (χ4v) is 1.38. The number of hydrogen-bond acceptors (Lipinski definition) is 3. The van der Waals surface area contributed by atoms with E-state index >= 15 is 0 Å². The van der Waals surface area contributed by atoms with Crippen molar-refractivity contribution in [2.24, 2.45) is 0 Å². The van der Waals surface area contributed by atoms with E-state index in [1.54, 1.807) is 6.07 Å². The first kappa shape index (κ1) is 10.1. The predicted octanol–water partition coefficient (Wildman–Crippen LogP) is 1.68. The van der Waals surface area contributed by atoms with Crippen molar-refractivity contribution in [2.45, 2.75) is 12.2 Å². The zero-order chi connectivity index (χ0) is 9.14. The van der Waals surface area contributed by atoms with Crippen LogP contribution in [0.5, 0.6) is 0 Å². The fraction of sp³-hybridized carbons (Fsp3) is 0.429. The van der Waals surface area contributed by atoms with E-state index in [0.29, 0.717) is 10.2 Å². The molecule has 0 aliphatic heterocycles. The molecule has 68 valence electrons. The molecule has 0 aromatic carbocycles. The molecular weight excluding hydrogens is 247 g/mol. The number of aliphatic hydroxyl groups excluding tert-OH is 2. The average molecular weight is 255 g/mol. The molecule has 1 aromatic heterocycles. The van der Waals surface area contributed by atoms with E-state index in [-0.39, 0.29) is 5.88 Å². The Bertz CT molecular complexity index is 251. The monoisotopic (exact) mass is 254 g/mol. The highest BCUT2D eigenvalue weighted by atomic mass is 79.9. The maximum absolute atomic E-state index is 9.40. The van der Waals surface area contributed by atoms with E-state index in [0.717, 1.165) is 0 Å². The maximum Gasteiger partial charge on any atom is 0.149 e. The highest BCUT2D eigenvalue weighted by Gasteiger charge is 2.22. The lowest BCUT2D eigenvalue weighted by molar-refractivity contribution is 0.0184. The molecule has 1 rings (SSSR count). The summed E-state index contributed by atoms with van der Waals surface area (Å²) < 4.78 is 5.56. The third-order valence-corrected chi connectivity index (χ3v) is 2.41. The molecule has 0 saturated carbocycles. The topological polar surface area (TPSA) is 53.6 Å². The standard InChI is InChI=1S/C7H8BrClO3/c8-4-1-2-12-7(4)6(11)5(10)3-9/h1-2,5-6,10-11H,3H2. The summed E-state index contributed by atoms with van der Waals surface area (Å²) in [5, 5.41) is 18.6. The van der Waals surface area contributed by atoms with Crippen molar-refractivity contribution in [1.82, 2.24) is 0 Å². The number of alkyl halides is 1. The Morgan fingerprint density at radius 3 is 2.67 bits per heavy atom. The first-order valence-corrected chi connectivity index (χ1v) is 4.64. The van der Waals surface area contributed by atoms with Gasteiger partial charge in [-0.25, -0.2) is 0 Å². The number of aliphatic hydroxyl groups is 2. The summed E-state index contributed by atoms with van der Waals surface area (Å²) in [7, 11) is 0. The molecular formula is C7H8BrClO3. The molecule has 0 aliphatic rings. The van der Waals surface area contributed by atoms with Crippen LogP contribution in [0.4, 0.5) is 0 Å². The zero-order valence-corrected chi connectivity index (χ0v) is 8.42. The lowest BCUT2D eigenvalue weighted by Crippen LogP contribution is -2.19. The molecule has 0 radical (unpaired) electrons. The van der Waals surface area contributed by atoms with Crippen LogP contribution in [-0.4, -0.2) is 22.2 Å². The van der Waals surface area contributed by atoms with E-state index in [9.17, 15) is 5.11 Å². The maximum atomic E-state index is 9.40. The number of halogens is 2. The fourth-order valence-electron chi connectivity index (χ4n) is 0.776. The van der Waals surface area contributed by atoms with Crippen molar-refractivity contribution in [2.75, 3.05) is 5.88 Å². The minimum absolute atomic E-state index is 0.0334. The molecule has 3 nitrogen and oxygen atoms in total. The van der Waals surface area contributed by atoms with E-state index in [1.807, 2.05) is 0 Å². The third kappa shape index (κ3) is 2.01. The number of furan rings is 1. The SMILES string of the molecule is OC(CCl)C(O)c1occc1Br. The van der Waals surface area contributed by atoms with Gasteiger partial charge in [-0.3, -0.25) is 0 Å². The molecule has 0 bridgehead atoms. The second-order valence-corrected chi connectivity index (χ2v) is 3.46. The van der Waals surface area contributed by atoms with E-state index < -0.39 is 12.2 Å². The van der Waals surface area contributed by atoms with Crippen LogP contribution >= 0.6 is 27.5 Å². The minimum atomic E-state index is -1.08. The zero-order valence-electron chi connectivity index (χ0n) is 6.08. The smallest absolute Gasteiger partial charge is 0.149 e. The summed E-state index contributed by atoms with van der Waals surface area (Å²) in [6.45, 7) is 0. The Morgan fingerprint density at radius 1 is 1.58 bits per heavy atom. The van der Waals surface area contributed by atoms with Gasteiger partial charge in [0.1, 0.15) is 18.0 Å². The van der Waals surface area contributed by atoms with Crippen LogP contribution in [0.15, 0.2) is 21.2 Å². The molecule has 12 heavy (non-hydrogen) atoms. The lowest BCUT2D eigenvalue weighted by atomic mass is 10.2. The van der Waals surface area contributed by atoms with Gasteiger partial charge in [-0.05, 0) is 22.0 Å². The molecule has 0 amide bonds. The van der Waals surface area contributed by atoms with Gasteiger partial charge in [0.05, 0.1) is 16.6 Å². The number of rotatable bonds is 3. The summed E-state index contributed by atoms with van der Waals surface area (Å²) in [6.07, 6.45) is -0.662. The Kier molecular flexibility index (Phi) is 3.58. The van der Waals surface area contributed by atoms with Gasteiger partial charge in [0.2, 0.25) is 0 Å². The Morgan fingerprint density at radius 2 is 2.25 bits per heavy atom. The Hall–Kier alpha value is -0.0300. The van der Waals surface area contributed by atoms with Gasteiger partial charge in [-0.2, -0.15) is 0 Å². The molecule has 1 aromatic rings. The average Bonchev–Trinajstić information content (AvgIpc) is 2.48. The predicted molar refractivity (Wildman–Crippen MR) is 48.1 cm³/mol. The van der Waals surface area contributed by atoms with Crippen LogP contribution in [0, 0.1) is 0 Å². The van der Waals surface area contributed by atoms with Gasteiger partial charge in [-0.1, -0.05) is 0 Å². The summed E-state index contributed by atoms with van der Waals surface area (Å²) in [5.41, 5.74) is 0. The largest absolute Gasteiger partial charge is 0.465 e. The second-order valence-electron chi connectivity index (χ2n) is 2.30. The van der Waals surface area contributed by atoms with Crippen LogP contribution in [0.3, 0.4) is 0 Å². The quantitative estimate of drug-likeness (QED) is 0.808. The van der Waals surface area contributed by atoms with Crippen molar-refractivity contribution in [3.8, 4) is 0 Å². The van der Waals surface area contributed by atoms with Gasteiger partial charge in [-0.15, -0.1) is 11.6 Å². The molecule has 0 spiro atoms. The molecule has 2 atom stereocenters. The third-order valence-electron chi connectivity index (χ3n) is 1.44. The molecule has 1 heterocycles. The van der Waals surface area contributed by atoms with Crippen molar-refractivity contribution in [3.05, 3.63) is 22.6 Å². The van der Waals surface area contributed by atoms with Gasteiger partial charge in [0.15, 0.2) is 0 Å². The molecule has 0 aliphatic carbocycles. The highest BCUT2D eigenvalue weighted by molar-refractivity contribution is 9.10. The Balaban J connectivity index is 2.77. The number of hydrogen-bond donors (Lipinski definition) is 2. The van der Waals surface area contributed by atoms with Crippen molar-refractivity contribution < 1.29 is 14.6 Å². The first-order valence-electron chi connectivity index (χ1n) is 3.31. The molecule has 5 heteroatoms. The summed E-state index contributed by atoms with van der Waals surface area (Å²) >= 11 is 8.51. The molecule has 0 fully saturated rings.